The van der Waals surface area contributed by atoms with Crippen LogP contribution in [-0.4, -0.2) is 49.6 Å². The van der Waals surface area contributed by atoms with Gasteiger partial charge in [-0.05, 0) is 11.8 Å². The topological polar surface area (TPSA) is 247 Å². The van der Waals surface area contributed by atoms with Crippen molar-refractivity contribution < 1.29 is 19.8 Å². The third kappa shape index (κ3) is 4.90. The fourth-order valence-electron chi connectivity index (χ4n) is 1.87. The van der Waals surface area contributed by atoms with E-state index in [9.17, 15) is 19.8 Å². The van der Waals surface area contributed by atoms with Gasteiger partial charge in [0, 0.05) is 0 Å². The molecule has 2 aliphatic rings. The number of carbonyl (C=O) groups excluding carboxylic acids is 2. The van der Waals surface area contributed by atoms with E-state index < -0.39 is 57.0 Å². The average molecular weight is 410 g/mol. The number of rotatable bonds is 0. The van der Waals surface area contributed by atoms with Crippen molar-refractivity contribution in [3.8, 4) is 36.4 Å². The van der Waals surface area contributed by atoms with Crippen molar-refractivity contribution in [2.75, 3.05) is 0 Å². The van der Waals surface area contributed by atoms with Crippen molar-refractivity contribution in [3.05, 3.63) is 45.2 Å². The van der Waals surface area contributed by atoms with Crippen LogP contribution < -0.4 is 20.8 Å². The van der Waals surface area contributed by atoms with Gasteiger partial charge >= 0.3 is 37.7 Å². The van der Waals surface area contributed by atoms with Crippen molar-refractivity contribution in [1.29, 1.82) is 31.6 Å². The van der Waals surface area contributed by atoms with Gasteiger partial charge in [0.05, 0.1) is 22.3 Å². The van der Waals surface area contributed by atoms with Crippen LogP contribution >= 0.6 is 0 Å². The fraction of sp³-hybridized carbons (Fsp3) is 0. The van der Waals surface area contributed by atoms with E-state index in [1.165, 1.54) is 36.4 Å². The molecule has 12 nitrogen and oxygen atoms in total. The number of nitriles is 6. The van der Waals surface area contributed by atoms with Gasteiger partial charge in [-0.3, -0.25) is 9.59 Å². The Hall–Kier alpha value is -4.30. The normalized spacial score (nSPS) is 13.6. The maximum Gasteiger partial charge on any atom is 2.00 e. The van der Waals surface area contributed by atoms with Crippen LogP contribution in [0.5, 0.6) is 0 Å². The van der Waals surface area contributed by atoms with Crippen LogP contribution in [0.3, 0.4) is 0 Å². The minimum Gasteiger partial charge on any atom is -0.859 e. The van der Waals surface area contributed by atoms with Crippen molar-refractivity contribution in [2.45, 2.75) is 0 Å². The standard InChI is InChI=1S/2C8H2N4O2.Ca/c2*9-1-4(2-10)6-5(3-11)7(13)12-8(6)14;/h2*13H,(H,12,14);/q;;+2/p-2. The van der Waals surface area contributed by atoms with Crippen molar-refractivity contribution in [2.24, 2.45) is 0 Å². The zero-order valence-electron chi connectivity index (χ0n) is 14.0. The molecule has 29 heavy (non-hydrogen) atoms. The Balaban J connectivity index is 0.000000523. The van der Waals surface area contributed by atoms with E-state index in [0.29, 0.717) is 0 Å². The monoisotopic (exact) mass is 410 g/mol. The molecule has 2 amide bonds. The molecule has 2 aliphatic heterocycles. The first-order chi connectivity index (χ1) is 13.3. The van der Waals surface area contributed by atoms with Gasteiger partial charge in [0.2, 0.25) is 0 Å². The van der Waals surface area contributed by atoms with Crippen molar-refractivity contribution >= 4 is 49.6 Å². The third-order valence-corrected chi connectivity index (χ3v) is 3.03. The summed E-state index contributed by atoms with van der Waals surface area (Å²) >= 11 is 0. The fourth-order valence-corrected chi connectivity index (χ4v) is 1.87. The molecule has 2 rings (SSSR count). The van der Waals surface area contributed by atoms with Crippen LogP contribution in [0.2, 0.25) is 0 Å². The quantitative estimate of drug-likeness (QED) is 0.229. The van der Waals surface area contributed by atoms with Crippen LogP contribution in [0.25, 0.3) is 0 Å². The number of hydrogen-bond acceptors (Lipinski definition) is 10. The predicted octanol–water partition coefficient (Wildman–Crippen LogP) is -3.27. The second kappa shape index (κ2) is 10.8. The molecule has 0 aromatic carbocycles. The summed E-state index contributed by atoms with van der Waals surface area (Å²) in [5.41, 5.74) is -2.94. The van der Waals surface area contributed by atoms with Gasteiger partial charge in [-0.2, -0.15) is 31.6 Å². The van der Waals surface area contributed by atoms with Gasteiger partial charge < -0.3 is 20.8 Å². The summed E-state index contributed by atoms with van der Waals surface area (Å²) in [6.07, 6.45) is 0. The summed E-state index contributed by atoms with van der Waals surface area (Å²) in [7, 11) is 0. The van der Waals surface area contributed by atoms with E-state index in [1.807, 2.05) is 10.6 Å². The second-order valence-corrected chi connectivity index (χ2v) is 4.49. The van der Waals surface area contributed by atoms with Crippen LogP contribution in [-0.2, 0) is 9.59 Å². The number of allylic oxidation sites excluding steroid dienone is 2. The molecule has 0 aliphatic carbocycles. The van der Waals surface area contributed by atoms with Gasteiger partial charge in [-0.25, -0.2) is 0 Å². The number of carbonyl (C=O) groups is 2. The molecule has 0 saturated carbocycles. The molecular formula is C16H2CaN8O4. The van der Waals surface area contributed by atoms with E-state index in [1.54, 1.807) is 0 Å². The summed E-state index contributed by atoms with van der Waals surface area (Å²) < 4.78 is 0. The molecule has 2 heterocycles. The molecular weight excluding hydrogens is 408 g/mol. The largest absolute Gasteiger partial charge is 2.00 e. The van der Waals surface area contributed by atoms with E-state index in [2.05, 4.69) is 0 Å². The van der Waals surface area contributed by atoms with Gasteiger partial charge in [-0.1, -0.05) is 0 Å². The maximum absolute atomic E-state index is 11.0. The number of amides is 2. The SMILES string of the molecule is N#CC(C#N)=C1C(=O)NC([O-])=C1C#N.N#CC(C#N)=C1C(=O)NC([O-])=C1C#N.[Ca+2]. The first kappa shape index (κ1) is 24.7. The molecule has 0 unspecified atom stereocenters. The zero-order chi connectivity index (χ0) is 21.4. The van der Waals surface area contributed by atoms with E-state index in [4.69, 9.17) is 31.6 Å². The smallest absolute Gasteiger partial charge is 0.859 e. The number of nitrogens with zero attached hydrogens (tertiary/aromatic N) is 6. The molecule has 2 N–H and O–H groups in total. The molecule has 0 bridgehead atoms. The molecule has 0 spiro atoms. The molecule has 0 aromatic rings. The first-order valence-electron chi connectivity index (χ1n) is 6.66. The zero-order valence-corrected chi connectivity index (χ0v) is 16.2. The van der Waals surface area contributed by atoms with E-state index in [-0.39, 0.29) is 37.7 Å². The Labute approximate surface area is 192 Å². The average Bonchev–Trinajstić information content (AvgIpc) is 3.12. The van der Waals surface area contributed by atoms with Crippen LogP contribution in [0.15, 0.2) is 45.2 Å². The Morgan fingerprint density at radius 1 is 0.655 bits per heavy atom. The minimum atomic E-state index is -0.885. The third-order valence-electron chi connectivity index (χ3n) is 3.03. The van der Waals surface area contributed by atoms with Crippen LogP contribution in [0.1, 0.15) is 0 Å². The first-order valence-corrected chi connectivity index (χ1v) is 6.66. The molecule has 13 heteroatoms. The summed E-state index contributed by atoms with van der Waals surface area (Å²) in [5, 5.41) is 76.3. The van der Waals surface area contributed by atoms with Gasteiger partial charge in [0.25, 0.3) is 11.8 Å². The molecule has 0 radical (unpaired) electrons. The summed E-state index contributed by atoms with van der Waals surface area (Å²) in [5.74, 6) is -3.53. The summed E-state index contributed by atoms with van der Waals surface area (Å²) in [4.78, 5) is 22.1. The van der Waals surface area contributed by atoms with Crippen LogP contribution in [0, 0.1) is 68.0 Å². The van der Waals surface area contributed by atoms with Gasteiger partial charge in [-0.15, -0.1) is 0 Å². The summed E-state index contributed by atoms with van der Waals surface area (Å²) in [6, 6.07) is 8.70. The van der Waals surface area contributed by atoms with Crippen molar-refractivity contribution in [1.82, 2.24) is 10.6 Å². The number of hydrogen-bond donors (Lipinski definition) is 2. The van der Waals surface area contributed by atoms with Crippen molar-refractivity contribution in [3.63, 3.8) is 0 Å². The van der Waals surface area contributed by atoms with Gasteiger partial charge in [0.15, 0.2) is 0 Å². The van der Waals surface area contributed by atoms with E-state index >= 15 is 0 Å². The molecule has 0 aromatic heterocycles. The maximum atomic E-state index is 11.0. The van der Waals surface area contributed by atoms with E-state index in [0.717, 1.165) is 0 Å². The Kier molecular flexibility index (Phi) is 9.16. The summed E-state index contributed by atoms with van der Waals surface area (Å²) in [6.45, 7) is 0. The molecule has 0 atom stereocenters. The molecule has 0 saturated heterocycles. The Morgan fingerprint density at radius 3 is 1.14 bits per heavy atom. The Bertz CT molecular complexity index is 1050. The number of nitrogens with one attached hydrogen (secondary N) is 2. The molecule has 0 fully saturated rings. The molecule has 132 valence electrons. The second-order valence-electron chi connectivity index (χ2n) is 4.49. The minimum absolute atomic E-state index is 0. The Morgan fingerprint density at radius 2 is 0.931 bits per heavy atom. The van der Waals surface area contributed by atoms with Crippen LogP contribution in [0.4, 0.5) is 0 Å². The predicted molar refractivity (Wildman–Crippen MR) is 83.8 cm³/mol. The van der Waals surface area contributed by atoms with Gasteiger partial charge in [0.1, 0.15) is 47.6 Å².